The van der Waals surface area contributed by atoms with Crippen molar-refractivity contribution in [2.24, 2.45) is 0 Å². The van der Waals surface area contributed by atoms with Crippen LogP contribution in [0.3, 0.4) is 0 Å². The maximum atomic E-state index is 13.0. The normalized spacial score (nSPS) is 13.7. The predicted molar refractivity (Wildman–Crippen MR) is 135 cm³/mol. The summed E-state index contributed by atoms with van der Waals surface area (Å²) < 4.78 is 11.9. The van der Waals surface area contributed by atoms with E-state index in [1.807, 2.05) is 25.1 Å². The Hall–Kier alpha value is -2.95. The van der Waals surface area contributed by atoms with Crippen molar-refractivity contribution in [3.8, 4) is 11.5 Å². The summed E-state index contributed by atoms with van der Waals surface area (Å²) in [5, 5.41) is 1.09. The summed E-state index contributed by atoms with van der Waals surface area (Å²) >= 11 is 12.5. The second-order valence-electron chi connectivity index (χ2n) is 7.81. The van der Waals surface area contributed by atoms with Gasteiger partial charge in [-0.15, -0.1) is 0 Å². The summed E-state index contributed by atoms with van der Waals surface area (Å²) in [5.74, 6) is 1.25. The smallest absolute Gasteiger partial charge is 0.232 e. The van der Waals surface area contributed by atoms with Gasteiger partial charge in [0.05, 0.1) is 5.56 Å². The maximum Gasteiger partial charge on any atom is 0.232 e. The van der Waals surface area contributed by atoms with Gasteiger partial charge in [-0.25, -0.2) is 0 Å². The lowest BCUT2D eigenvalue weighted by molar-refractivity contribution is 0.101. The third kappa shape index (κ3) is 4.87. The number of carbonyl (C=O) groups excluding carboxylic acids is 1. The number of carbonyl (C=O) groups is 1. The Morgan fingerprint density at radius 1 is 1.00 bits per heavy atom. The summed E-state index contributed by atoms with van der Waals surface area (Å²) in [6.07, 6.45) is 1.78. The Bertz CT molecular complexity index is 1190. The van der Waals surface area contributed by atoms with Crippen molar-refractivity contribution >= 4 is 40.7 Å². The van der Waals surface area contributed by atoms with Crippen molar-refractivity contribution in [3.63, 3.8) is 0 Å². The molecular weight excluding hydrogens is 457 g/mol. The molecule has 0 amide bonds. The summed E-state index contributed by atoms with van der Waals surface area (Å²) in [6.45, 7) is 8.24. The van der Waals surface area contributed by atoms with Gasteiger partial charge in [-0.2, -0.15) is 0 Å². The lowest BCUT2D eigenvalue weighted by atomic mass is 10.0. The van der Waals surface area contributed by atoms with Crippen LogP contribution in [-0.2, 0) is 6.61 Å². The molecule has 4 rings (SSSR count). The van der Waals surface area contributed by atoms with Crippen LogP contribution in [0.25, 0.3) is 6.08 Å². The molecule has 0 fully saturated rings. The molecule has 0 aliphatic carbocycles. The summed E-state index contributed by atoms with van der Waals surface area (Å²) in [6, 6.07) is 17.0. The van der Waals surface area contributed by atoms with Crippen LogP contribution in [0, 0.1) is 6.92 Å². The number of hydrogen-bond acceptors (Lipinski definition) is 4. The minimum Gasteiger partial charge on any atom is -0.489 e. The molecule has 170 valence electrons. The topological polar surface area (TPSA) is 38.8 Å². The van der Waals surface area contributed by atoms with Gasteiger partial charge in [0.1, 0.15) is 18.1 Å². The number of nitrogens with zero attached hydrogens (tertiary/aromatic N) is 1. The zero-order valence-corrected chi connectivity index (χ0v) is 20.3. The number of ketones is 1. The Balaban J connectivity index is 1.53. The van der Waals surface area contributed by atoms with E-state index in [0.717, 1.165) is 29.9 Å². The number of aryl methyl sites for hydroxylation is 1. The number of allylic oxidation sites excluding steroid dienone is 1. The lowest BCUT2D eigenvalue weighted by Gasteiger charge is -2.20. The van der Waals surface area contributed by atoms with Gasteiger partial charge >= 0.3 is 0 Å². The monoisotopic (exact) mass is 481 g/mol. The number of anilines is 1. The van der Waals surface area contributed by atoms with Gasteiger partial charge in [0, 0.05) is 40.5 Å². The highest BCUT2D eigenvalue weighted by molar-refractivity contribution is 6.35. The molecule has 6 heteroatoms. The van der Waals surface area contributed by atoms with Gasteiger partial charge in [0.15, 0.2) is 5.76 Å². The van der Waals surface area contributed by atoms with E-state index in [1.54, 1.807) is 30.3 Å². The van der Waals surface area contributed by atoms with Gasteiger partial charge in [-0.05, 0) is 68.3 Å². The molecule has 0 radical (unpaired) electrons. The van der Waals surface area contributed by atoms with E-state index in [0.29, 0.717) is 38.4 Å². The van der Waals surface area contributed by atoms with Crippen LogP contribution in [0.4, 0.5) is 5.69 Å². The molecule has 0 aromatic heterocycles. The lowest BCUT2D eigenvalue weighted by Crippen LogP contribution is -2.21. The van der Waals surface area contributed by atoms with Gasteiger partial charge in [0.2, 0.25) is 5.78 Å². The summed E-state index contributed by atoms with van der Waals surface area (Å²) in [4.78, 5) is 15.3. The van der Waals surface area contributed by atoms with Gasteiger partial charge in [0.25, 0.3) is 0 Å². The molecule has 0 unspecified atom stereocenters. The highest BCUT2D eigenvalue weighted by atomic mass is 35.5. The fourth-order valence-electron chi connectivity index (χ4n) is 3.91. The van der Waals surface area contributed by atoms with Crippen LogP contribution in [-0.4, -0.2) is 18.9 Å². The van der Waals surface area contributed by atoms with E-state index in [-0.39, 0.29) is 12.4 Å². The zero-order chi connectivity index (χ0) is 23.5. The molecule has 33 heavy (non-hydrogen) atoms. The number of benzene rings is 3. The number of Topliss-reactive ketones (excluding diaryl/α,β-unsaturated/α-hetero) is 1. The number of rotatable bonds is 7. The fraction of sp³-hybridized carbons (Fsp3) is 0.222. The van der Waals surface area contributed by atoms with Crippen LogP contribution in [0.1, 0.15) is 40.9 Å². The number of ether oxygens (including phenoxy) is 2. The van der Waals surface area contributed by atoms with Crippen LogP contribution >= 0.6 is 23.2 Å². The first-order valence-corrected chi connectivity index (χ1v) is 11.7. The first-order valence-electron chi connectivity index (χ1n) is 10.9. The van der Waals surface area contributed by atoms with Crippen molar-refractivity contribution in [1.82, 2.24) is 0 Å². The fourth-order valence-corrected chi connectivity index (χ4v) is 4.41. The Morgan fingerprint density at radius 2 is 1.67 bits per heavy atom. The minimum atomic E-state index is -0.129. The first-order chi connectivity index (χ1) is 15.9. The van der Waals surface area contributed by atoms with Crippen molar-refractivity contribution in [2.75, 3.05) is 18.0 Å². The van der Waals surface area contributed by atoms with Crippen LogP contribution in [0.5, 0.6) is 11.5 Å². The highest BCUT2D eigenvalue weighted by Gasteiger charge is 2.30. The Kier molecular flexibility index (Phi) is 6.96. The molecule has 1 heterocycles. The van der Waals surface area contributed by atoms with Crippen molar-refractivity contribution < 1.29 is 14.3 Å². The minimum absolute atomic E-state index is 0.129. The zero-order valence-electron chi connectivity index (χ0n) is 18.8. The molecule has 0 N–H and O–H groups in total. The molecule has 1 aliphatic rings. The van der Waals surface area contributed by atoms with Gasteiger partial charge < -0.3 is 14.4 Å². The molecule has 0 bridgehead atoms. The third-order valence-electron chi connectivity index (χ3n) is 5.71. The molecule has 0 spiro atoms. The van der Waals surface area contributed by atoms with Crippen molar-refractivity contribution in [2.45, 2.75) is 27.4 Å². The second-order valence-corrected chi connectivity index (χ2v) is 8.62. The molecule has 4 nitrogen and oxygen atoms in total. The quantitative estimate of drug-likeness (QED) is 0.330. The van der Waals surface area contributed by atoms with Crippen LogP contribution in [0.15, 0.2) is 60.4 Å². The van der Waals surface area contributed by atoms with E-state index in [1.165, 1.54) is 0 Å². The van der Waals surface area contributed by atoms with Crippen molar-refractivity contribution in [1.29, 1.82) is 0 Å². The van der Waals surface area contributed by atoms with Gasteiger partial charge in [-0.1, -0.05) is 41.4 Å². The summed E-state index contributed by atoms with van der Waals surface area (Å²) in [5.41, 5.74) is 4.12. The molecule has 1 aliphatic heterocycles. The molecule has 3 aromatic rings. The Morgan fingerprint density at radius 3 is 2.30 bits per heavy atom. The predicted octanol–water partition coefficient (Wildman–Crippen LogP) is 7.34. The van der Waals surface area contributed by atoms with Crippen molar-refractivity contribution in [3.05, 3.63) is 92.7 Å². The van der Waals surface area contributed by atoms with E-state index in [2.05, 4.69) is 30.9 Å². The van der Waals surface area contributed by atoms with Gasteiger partial charge in [-0.3, -0.25) is 4.79 Å². The number of fused-ring (bicyclic) bond motifs is 1. The van der Waals surface area contributed by atoms with E-state index < -0.39 is 0 Å². The number of halogens is 2. The standard InChI is InChI=1S/C27H25Cl2NO3/c1-4-30(5-2)19-11-9-18(10-12-19)14-25-27(31)26-17(3)13-20(15-24(26)33-25)32-16-21-22(28)7-6-8-23(21)29/h6-15H,4-5,16H2,1-3H3/b25-14-. The largest absolute Gasteiger partial charge is 0.489 e. The highest BCUT2D eigenvalue weighted by Crippen LogP contribution is 2.38. The molecule has 0 saturated carbocycles. The van der Waals surface area contributed by atoms with E-state index in [4.69, 9.17) is 32.7 Å². The van der Waals surface area contributed by atoms with E-state index in [9.17, 15) is 4.79 Å². The number of hydrogen-bond donors (Lipinski definition) is 0. The average Bonchev–Trinajstić information content (AvgIpc) is 3.11. The Labute approximate surface area is 204 Å². The molecule has 0 saturated heterocycles. The molecule has 0 atom stereocenters. The van der Waals surface area contributed by atoms with E-state index >= 15 is 0 Å². The first kappa shape index (κ1) is 23.2. The van der Waals surface area contributed by atoms with Crippen LogP contribution in [0.2, 0.25) is 10.0 Å². The summed E-state index contributed by atoms with van der Waals surface area (Å²) in [7, 11) is 0. The molecule has 3 aromatic carbocycles. The van der Waals surface area contributed by atoms with Crippen LogP contribution < -0.4 is 14.4 Å². The third-order valence-corrected chi connectivity index (χ3v) is 6.42. The SMILES string of the molecule is CCN(CC)c1ccc(/C=C2\Oc3cc(OCc4c(Cl)cccc4Cl)cc(C)c3C2=O)cc1. The maximum absolute atomic E-state index is 13.0. The second kappa shape index (κ2) is 9.90. The average molecular weight is 482 g/mol. The molecular formula is C27H25Cl2NO3.